The lowest BCUT2D eigenvalue weighted by atomic mass is 9.80. The highest BCUT2D eigenvalue weighted by atomic mass is 16.5. The van der Waals surface area contributed by atoms with Crippen LogP contribution < -0.4 is 10.5 Å². The number of nitrogen functional groups attached to an aromatic ring is 1. The zero-order valence-corrected chi connectivity index (χ0v) is 20.5. The molecule has 5 heteroatoms. The second-order valence-electron chi connectivity index (χ2n) is 10.4. The zero-order chi connectivity index (χ0) is 24.9. The second-order valence-corrected chi connectivity index (χ2v) is 10.4. The van der Waals surface area contributed by atoms with Crippen molar-refractivity contribution in [3.05, 3.63) is 89.1 Å². The van der Waals surface area contributed by atoms with E-state index in [4.69, 9.17) is 10.5 Å². The van der Waals surface area contributed by atoms with Crippen molar-refractivity contribution in [3.63, 3.8) is 0 Å². The third kappa shape index (κ3) is 3.79. The highest BCUT2D eigenvalue weighted by Crippen LogP contribution is 2.55. The van der Waals surface area contributed by atoms with Gasteiger partial charge in [0.15, 0.2) is 0 Å². The number of benzene rings is 3. The van der Waals surface area contributed by atoms with E-state index >= 15 is 0 Å². The minimum absolute atomic E-state index is 0.0423. The van der Waals surface area contributed by atoms with Gasteiger partial charge in [-0.2, -0.15) is 0 Å². The van der Waals surface area contributed by atoms with Gasteiger partial charge in [0.25, 0.3) is 0 Å². The van der Waals surface area contributed by atoms with Gasteiger partial charge in [0.05, 0.1) is 6.42 Å². The number of aliphatic carboxylic acids is 1. The van der Waals surface area contributed by atoms with Crippen LogP contribution in [0.25, 0.3) is 21.9 Å². The largest absolute Gasteiger partial charge is 0.485 e. The topological polar surface area (TPSA) is 85.4 Å². The van der Waals surface area contributed by atoms with E-state index in [1.165, 1.54) is 36.8 Å². The Kier molecular flexibility index (Phi) is 5.44. The van der Waals surface area contributed by atoms with E-state index < -0.39 is 5.97 Å². The number of ether oxygens (including phenoxy) is 1. The summed E-state index contributed by atoms with van der Waals surface area (Å²) in [5.74, 6) is 0.367. The summed E-state index contributed by atoms with van der Waals surface area (Å²) in [6, 6.07) is 20.9. The van der Waals surface area contributed by atoms with Gasteiger partial charge in [-0.05, 0) is 89.1 Å². The number of nitrogens with two attached hydrogens (primary N) is 1. The first-order valence-electron chi connectivity index (χ1n) is 12.7. The molecule has 1 spiro atoms. The van der Waals surface area contributed by atoms with Crippen molar-refractivity contribution in [1.82, 2.24) is 4.98 Å². The maximum Gasteiger partial charge on any atom is 0.307 e. The number of anilines is 1. The predicted molar refractivity (Wildman–Crippen MR) is 142 cm³/mol. The number of rotatable bonds is 5. The first kappa shape index (κ1) is 22.6. The number of hydrogen-bond donors (Lipinski definition) is 2. The molecule has 1 aromatic heterocycles. The molecule has 0 saturated heterocycles. The quantitative estimate of drug-likeness (QED) is 0.331. The van der Waals surface area contributed by atoms with Crippen molar-refractivity contribution < 1.29 is 14.6 Å². The molecular weight excluding hydrogens is 448 g/mol. The van der Waals surface area contributed by atoms with Crippen LogP contribution in [-0.2, 0) is 16.6 Å². The smallest absolute Gasteiger partial charge is 0.307 e. The number of aromatic nitrogens is 1. The van der Waals surface area contributed by atoms with Crippen LogP contribution in [0.15, 0.2) is 66.9 Å². The lowest BCUT2D eigenvalue weighted by Crippen LogP contribution is -2.19. The lowest BCUT2D eigenvalue weighted by molar-refractivity contribution is -0.136. The van der Waals surface area contributed by atoms with Gasteiger partial charge >= 0.3 is 5.97 Å². The molecule has 2 aliphatic rings. The summed E-state index contributed by atoms with van der Waals surface area (Å²) in [4.78, 5) is 15.8. The third-order valence-corrected chi connectivity index (χ3v) is 8.20. The predicted octanol–water partition coefficient (Wildman–Crippen LogP) is 6.76. The summed E-state index contributed by atoms with van der Waals surface area (Å²) in [5.41, 5.74) is 12.8. The number of aryl methyl sites for hydroxylation is 1. The summed E-state index contributed by atoms with van der Waals surface area (Å²) in [6.07, 6.45) is 7.33. The van der Waals surface area contributed by atoms with Crippen LogP contribution in [0.2, 0.25) is 0 Å². The molecule has 1 fully saturated rings. The molecule has 5 nitrogen and oxygen atoms in total. The Hall–Kier alpha value is -3.86. The number of fused-ring (bicyclic) bond motifs is 3. The standard InChI is InChI=1S/C31H30N2O3/c1-19-5-4-6-27(23(19)17-29(34)35)36-28-18-31(12-2-3-13-31)26-10-9-22(16-25(26)28)21-8-7-20-11-14-33-30(32)24(20)15-21/h4-11,14-16,28H,2-3,12-13,17-18H2,1H3,(H2,32,33)(H,34,35). The Morgan fingerprint density at radius 3 is 2.67 bits per heavy atom. The molecule has 1 heterocycles. The Bertz CT molecular complexity index is 1490. The van der Waals surface area contributed by atoms with E-state index in [0.29, 0.717) is 11.6 Å². The van der Waals surface area contributed by atoms with E-state index in [0.717, 1.165) is 39.4 Å². The van der Waals surface area contributed by atoms with Gasteiger partial charge in [-0.3, -0.25) is 4.79 Å². The van der Waals surface area contributed by atoms with Crippen molar-refractivity contribution in [2.24, 2.45) is 0 Å². The van der Waals surface area contributed by atoms with Gasteiger partial charge in [0.2, 0.25) is 0 Å². The first-order chi connectivity index (χ1) is 17.4. The van der Waals surface area contributed by atoms with Gasteiger partial charge in [0.1, 0.15) is 17.7 Å². The molecule has 36 heavy (non-hydrogen) atoms. The zero-order valence-electron chi connectivity index (χ0n) is 20.5. The van der Waals surface area contributed by atoms with Crippen LogP contribution >= 0.6 is 0 Å². The van der Waals surface area contributed by atoms with E-state index in [1.54, 1.807) is 6.20 Å². The minimum Gasteiger partial charge on any atom is -0.485 e. The molecule has 6 rings (SSSR count). The SMILES string of the molecule is Cc1cccc(OC2CC3(CCCC3)c3ccc(-c4ccc5ccnc(N)c5c4)cc32)c1CC(=O)O. The van der Waals surface area contributed by atoms with Crippen molar-refractivity contribution in [1.29, 1.82) is 0 Å². The number of carboxylic acid groups (broad SMARTS) is 1. The maximum absolute atomic E-state index is 11.6. The molecule has 0 bridgehead atoms. The molecular formula is C31H30N2O3. The van der Waals surface area contributed by atoms with E-state index in [9.17, 15) is 9.90 Å². The van der Waals surface area contributed by atoms with E-state index in [1.807, 2.05) is 31.2 Å². The molecule has 4 aromatic rings. The van der Waals surface area contributed by atoms with Gasteiger partial charge < -0.3 is 15.6 Å². The summed E-state index contributed by atoms with van der Waals surface area (Å²) < 4.78 is 6.69. The molecule has 0 amide bonds. The Morgan fingerprint density at radius 2 is 1.86 bits per heavy atom. The molecule has 3 aromatic carbocycles. The molecule has 1 unspecified atom stereocenters. The normalized spacial score (nSPS) is 18.0. The minimum atomic E-state index is -0.847. The van der Waals surface area contributed by atoms with Crippen LogP contribution in [0.3, 0.4) is 0 Å². The van der Waals surface area contributed by atoms with Crippen LogP contribution in [-0.4, -0.2) is 16.1 Å². The lowest BCUT2D eigenvalue weighted by Gasteiger charge is -2.25. The average Bonchev–Trinajstić information content (AvgIpc) is 3.46. The number of carbonyl (C=O) groups is 1. The van der Waals surface area contributed by atoms with Gasteiger partial charge in [-0.1, -0.05) is 49.2 Å². The molecule has 3 N–H and O–H groups in total. The van der Waals surface area contributed by atoms with Crippen LogP contribution in [0.1, 0.15) is 60.5 Å². The molecule has 1 saturated carbocycles. The fourth-order valence-electron chi connectivity index (χ4n) is 6.38. The molecule has 182 valence electrons. The maximum atomic E-state index is 11.6. The van der Waals surface area contributed by atoms with E-state index in [-0.39, 0.29) is 17.9 Å². The average molecular weight is 479 g/mol. The molecule has 0 radical (unpaired) electrons. The van der Waals surface area contributed by atoms with Crippen molar-refractivity contribution in [2.75, 3.05) is 5.73 Å². The Balaban J connectivity index is 1.43. The number of nitrogens with zero attached hydrogens (tertiary/aromatic N) is 1. The first-order valence-corrected chi connectivity index (χ1v) is 12.7. The van der Waals surface area contributed by atoms with E-state index in [2.05, 4.69) is 41.4 Å². The summed E-state index contributed by atoms with van der Waals surface area (Å²) >= 11 is 0. The fraction of sp³-hybridized carbons (Fsp3) is 0.290. The summed E-state index contributed by atoms with van der Waals surface area (Å²) in [5, 5.41) is 11.5. The van der Waals surface area contributed by atoms with Gasteiger partial charge in [-0.25, -0.2) is 4.98 Å². The molecule has 1 atom stereocenters. The van der Waals surface area contributed by atoms with Crippen LogP contribution in [0, 0.1) is 6.92 Å². The Morgan fingerprint density at radius 1 is 1.08 bits per heavy atom. The molecule has 0 aliphatic heterocycles. The monoisotopic (exact) mass is 478 g/mol. The highest BCUT2D eigenvalue weighted by Gasteiger charge is 2.46. The van der Waals surface area contributed by atoms with Crippen molar-refractivity contribution in [3.8, 4) is 16.9 Å². The fourth-order valence-corrected chi connectivity index (χ4v) is 6.38. The Labute approximate surface area is 210 Å². The van der Waals surface area contributed by atoms with Gasteiger partial charge in [-0.15, -0.1) is 0 Å². The summed E-state index contributed by atoms with van der Waals surface area (Å²) in [7, 11) is 0. The number of pyridine rings is 1. The second kappa shape index (κ2) is 8.66. The molecule has 2 aliphatic carbocycles. The van der Waals surface area contributed by atoms with Crippen molar-refractivity contribution >= 4 is 22.6 Å². The van der Waals surface area contributed by atoms with Crippen molar-refractivity contribution in [2.45, 2.75) is 57.0 Å². The van der Waals surface area contributed by atoms with Crippen LogP contribution in [0.5, 0.6) is 5.75 Å². The highest BCUT2D eigenvalue weighted by molar-refractivity contribution is 5.94. The summed E-state index contributed by atoms with van der Waals surface area (Å²) in [6.45, 7) is 1.95. The third-order valence-electron chi connectivity index (χ3n) is 8.20. The van der Waals surface area contributed by atoms with Crippen LogP contribution in [0.4, 0.5) is 5.82 Å². The van der Waals surface area contributed by atoms with Gasteiger partial charge in [0, 0.05) is 17.1 Å². The number of hydrogen-bond acceptors (Lipinski definition) is 4. The number of carboxylic acids is 1.